The van der Waals surface area contributed by atoms with Crippen LogP contribution in [0.15, 0.2) is 30.3 Å². The lowest BCUT2D eigenvalue weighted by Crippen LogP contribution is -2.32. The standard InChI is InChI=1S/C11H12F2N2/c1-15(8-7-14)9-11(12,13)10-5-3-2-4-6-10/h2-6H,8-9H2,1H3. The van der Waals surface area contributed by atoms with Crippen molar-refractivity contribution in [3.63, 3.8) is 0 Å². The lowest BCUT2D eigenvalue weighted by atomic mass is 10.1. The highest BCUT2D eigenvalue weighted by molar-refractivity contribution is 5.20. The second-order valence-corrected chi connectivity index (χ2v) is 3.40. The molecule has 1 aromatic rings. The minimum atomic E-state index is -2.91. The van der Waals surface area contributed by atoms with Crippen LogP contribution in [0.25, 0.3) is 0 Å². The summed E-state index contributed by atoms with van der Waals surface area (Å²) in [6.45, 7) is -0.438. The quantitative estimate of drug-likeness (QED) is 0.712. The van der Waals surface area contributed by atoms with Gasteiger partial charge in [0.25, 0.3) is 5.92 Å². The van der Waals surface area contributed by atoms with E-state index < -0.39 is 12.5 Å². The molecule has 0 aliphatic carbocycles. The zero-order valence-electron chi connectivity index (χ0n) is 8.45. The predicted molar refractivity (Wildman–Crippen MR) is 53.4 cm³/mol. The Hall–Kier alpha value is -1.47. The zero-order chi connectivity index (χ0) is 11.3. The summed E-state index contributed by atoms with van der Waals surface area (Å²) in [5.74, 6) is -2.91. The van der Waals surface area contributed by atoms with Crippen LogP contribution in [0.3, 0.4) is 0 Å². The normalized spacial score (nSPS) is 11.4. The first-order valence-corrected chi connectivity index (χ1v) is 4.55. The molecule has 0 aliphatic rings. The van der Waals surface area contributed by atoms with E-state index in [9.17, 15) is 8.78 Å². The van der Waals surface area contributed by atoms with Crippen LogP contribution >= 0.6 is 0 Å². The van der Waals surface area contributed by atoms with Crippen LogP contribution in [0.1, 0.15) is 5.56 Å². The van der Waals surface area contributed by atoms with Gasteiger partial charge in [0.15, 0.2) is 0 Å². The van der Waals surface area contributed by atoms with Crippen LogP contribution in [0.5, 0.6) is 0 Å². The SMILES string of the molecule is CN(CC#N)CC(F)(F)c1ccccc1. The van der Waals surface area contributed by atoms with E-state index >= 15 is 0 Å². The van der Waals surface area contributed by atoms with Crippen LogP contribution in [-0.4, -0.2) is 25.0 Å². The van der Waals surface area contributed by atoms with Gasteiger partial charge in [-0.3, -0.25) is 4.90 Å². The number of alkyl halides is 2. The van der Waals surface area contributed by atoms with Crippen molar-refractivity contribution in [2.45, 2.75) is 5.92 Å². The molecule has 2 nitrogen and oxygen atoms in total. The van der Waals surface area contributed by atoms with E-state index in [0.717, 1.165) is 0 Å². The number of hydrogen-bond donors (Lipinski definition) is 0. The summed E-state index contributed by atoms with van der Waals surface area (Å²) >= 11 is 0. The second-order valence-electron chi connectivity index (χ2n) is 3.40. The smallest absolute Gasteiger partial charge is 0.285 e. The number of halogens is 2. The Morgan fingerprint density at radius 2 is 1.93 bits per heavy atom. The Bertz CT molecular complexity index is 343. The molecule has 0 saturated carbocycles. The van der Waals surface area contributed by atoms with Gasteiger partial charge < -0.3 is 0 Å². The molecule has 0 atom stereocenters. The monoisotopic (exact) mass is 210 g/mol. The highest BCUT2D eigenvalue weighted by Crippen LogP contribution is 2.28. The number of nitriles is 1. The molecule has 15 heavy (non-hydrogen) atoms. The molecular weight excluding hydrogens is 198 g/mol. The van der Waals surface area contributed by atoms with Crippen molar-refractivity contribution in [3.8, 4) is 6.07 Å². The van der Waals surface area contributed by atoms with Gasteiger partial charge in [0.2, 0.25) is 0 Å². The number of likely N-dealkylation sites (N-methyl/N-ethyl adjacent to an activating group) is 1. The second kappa shape index (κ2) is 4.85. The van der Waals surface area contributed by atoms with Crippen LogP contribution in [0.2, 0.25) is 0 Å². The lowest BCUT2D eigenvalue weighted by molar-refractivity contribution is -0.0295. The van der Waals surface area contributed by atoms with Gasteiger partial charge in [0.1, 0.15) is 0 Å². The molecule has 80 valence electrons. The molecule has 0 aromatic heterocycles. The summed E-state index contributed by atoms with van der Waals surface area (Å²) in [6, 6.07) is 9.46. The summed E-state index contributed by atoms with van der Waals surface area (Å²) < 4.78 is 27.2. The molecular formula is C11H12F2N2. The average molecular weight is 210 g/mol. The molecule has 0 N–H and O–H groups in total. The first-order valence-electron chi connectivity index (χ1n) is 4.55. The van der Waals surface area contributed by atoms with Gasteiger partial charge in [-0.25, -0.2) is 0 Å². The largest absolute Gasteiger partial charge is 0.287 e. The minimum absolute atomic E-state index is 0.00240. The van der Waals surface area contributed by atoms with Crippen LogP contribution < -0.4 is 0 Å². The fourth-order valence-corrected chi connectivity index (χ4v) is 1.29. The van der Waals surface area contributed by atoms with Crippen molar-refractivity contribution >= 4 is 0 Å². The first-order chi connectivity index (χ1) is 7.06. The molecule has 0 saturated heterocycles. The lowest BCUT2D eigenvalue weighted by Gasteiger charge is -2.21. The maximum absolute atomic E-state index is 13.6. The van der Waals surface area contributed by atoms with Gasteiger partial charge in [-0.15, -0.1) is 0 Å². The number of benzene rings is 1. The molecule has 1 rings (SSSR count). The van der Waals surface area contributed by atoms with E-state index in [2.05, 4.69) is 0 Å². The zero-order valence-corrected chi connectivity index (χ0v) is 8.45. The molecule has 0 unspecified atom stereocenters. The fourth-order valence-electron chi connectivity index (χ4n) is 1.29. The molecule has 0 fully saturated rings. The Balaban J connectivity index is 2.72. The Kier molecular flexibility index (Phi) is 3.75. The van der Waals surface area contributed by atoms with Crippen molar-refractivity contribution in [1.82, 2.24) is 4.90 Å². The number of rotatable bonds is 4. The molecule has 1 aromatic carbocycles. The topological polar surface area (TPSA) is 27.0 Å². The summed E-state index contributed by atoms with van der Waals surface area (Å²) in [7, 11) is 1.50. The van der Waals surface area contributed by atoms with E-state index in [4.69, 9.17) is 5.26 Å². The maximum Gasteiger partial charge on any atom is 0.285 e. The first kappa shape index (κ1) is 11.6. The average Bonchev–Trinajstić information content (AvgIpc) is 2.18. The van der Waals surface area contributed by atoms with E-state index in [1.807, 2.05) is 6.07 Å². The molecule has 0 amide bonds. The third kappa shape index (κ3) is 3.30. The van der Waals surface area contributed by atoms with Gasteiger partial charge in [-0.1, -0.05) is 30.3 Å². The van der Waals surface area contributed by atoms with Gasteiger partial charge in [-0.05, 0) is 7.05 Å². The summed E-state index contributed by atoms with van der Waals surface area (Å²) in [6.07, 6.45) is 0. The highest BCUT2D eigenvalue weighted by Gasteiger charge is 2.32. The van der Waals surface area contributed by atoms with Gasteiger partial charge in [-0.2, -0.15) is 14.0 Å². The minimum Gasteiger partial charge on any atom is -0.287 e. The summed E-state index contributed by atoms with van der Waals surface area (Å²) in [5, 5.41) is 8.37. The van der Waals surface area contributed by atoms with Crippen molar-refractivity contribution in [2.75, 3.05) is 20.1 Å². The van der Waals surface area contributed by atoms with Crippen LogP contribution in [0.4, 0.5) is 8.78 Å². The molecule has 0 heterocycles. The van der Waals surface area contributed by atoms with E-state index in [1.165, 1.54) is 24.1 Å². The van der Waals surface area contributed by atoms with Crippen molar-refractivity contribution < 1.29 is 8.78 Å². The van der Waals surface area contributed by atoms with Crippen molar-refractivity contribution in [2.24, 2.45) is 0 Å². The maximum atomic E-state index is 13.6. The van der Waals surface area contributed by atoms with Crippen molar-refractivity contribution in [3.05, 3.63) is 35.9 Å². The molecule has 0 aliphatic heterocycles. The molecule has 0 bridgehead atoms. The number of nitrogens with zero attached hydrogens (tertiary/aromatic N) is 2. The summed E-state index contributed by atoms with van der Waals surface area (Å²) in [5.41, 5.74) is -0.0187. The van der Waals surface area contributed by atoms with Gasteiger partial charge in [0.05, 0.1) is 19.2 Å². The van der Waals surface area contributed by atoms with Gasteiger partial charge in [0, 0.05) is 5.56 Å². The predicted octanol–water partition coefficient (Wildman–Crippen LogP) is 2.23. The highest BCUT2D eigenvalue weighted by atomic mass is 19.3. The number of hydrogen-bond acceptors (Lipinski definition) is 2. The third-order valence-corrected chi connectivity index (χ3v) is 2.01. The Labute approximate surface area is 87.7 Å². The molecule has 4 heteroatoms. The van der Waals surface area contributed by atoms with E-state index in [0.29, 0.717) is 0 Å². The van der Waals surface area contributed by atoms with Crippen molar-refractivity contribution in [1.29, 1.82) is 5.26 Å². The van der Waals surface area contributed by atoms with E-state index in [-0.39, 0.29) is 12.1 Å². The van der Waals surface area contributed by atoms with Gasteiger partial charge >= 0.3 is 0 Å². The third-order valence-electron chi connectivity index (χ3n) is 2.01. The van der Waals surface area contributed by atoms with Crippen LogP contribution in [-0.2, 0) is 5.92 Å². The van der Waals surface area contributed by atoms with E-state index in [1.54, 1.807) is 18.2 Å². The van der Waals surface area contributed by atoms with Crippen LogP contribution in [0, 0.1) is 11.3 Å². The Morgan fingerprint density at radius 3 is 2.47 bits per heavy atom. The molecule has 0 radical (unpaired) electrons. The Morgan fingerprint density at radius 1 is 1.33 bits per heavy atom. The summed E-state index contributed by atoms with van der Waals surface area (Å²) in [4.78, 5) is 1.30. The fraction of sp³-hybridized carbons (Fsp3) is 0.364. The molecule has 0 spiro atoms.